The number of hydrogen-bond donors (Lipinski definition) is 1. The lowest BCUT2D eigenvalue weighted by atomic mass is 10.1. The van der Waals surface area contributed by atoms with E-state index >= 15 is 0 Å². The van der Waals surface area contributed by atoms with E-state index in [2.05, 4.69) is 5.32 Å². The van der Waals surface area contributed by atoms with Gasteiger partial charge in [-0.1, -0.05) is 0 Å². The van der Waals surface area contributed by atoms with E-state index in [0.717, 1.165) is 17.9 Å². The Balaban J connectivity index is 1.86. The molecule has 1 N–H and O–H groups in total. The van der Waals surface area contributed by atoms with E-state index in [0.29, 0.717) is 24.5 Å². The van der Waals surface area contributed by atoms with Crippen LogP contribution < -0.4 is 19.5 Å². The molecule has 1 atom stereocenters. The number of fused-ring (bicyclic) bond motifs is 1. The molecular weight excluding hydrogens is 260 g/mol. The summed E-state index contributed by atoms with van der Waals surface area (Å²) < 4.78 is 16.6. The Hall–Kier alpha value is -1.95. The van der Waals surface area contributed by atoms with E-state index in [1.54, 1.807) is 18.0 Å². The fraction of sp³-hybridized carbons (Fsp3) is 0.500. The quantitative estimate of drug-likeness (QED) is 0.880. The van der Waals surface area contributed by atoms with Crippen molar-refractivity contribution in [1.82, 2.24) is 10.2 Å². The molecule has 6 heteroatoms. The maximum Gasteiger partial charge on any atom is 0.263 e. The van der Waals surface area contributed by atoms with E-state index in [-0.39, 0.29) is 12.7 Å². The summed E-state index contributed by atoms with van der Waals surface area (Å²) in [5, 5.41) is 3.09. The molecule has 1 unspecified atom stereocenters. The molecule has 1 saturated heterocycles. The molecule has 0 bridgehead atoms. The number of rotatable bonds is 4. The second kappa shape index (κ2) is 5.20. The molecule has 0 spiro atoms. The predicted octanol–water partition coefficient (Wildman–Crippen LogP) is 0.744. The van der Waals surface area contributed by atoms with Crippen molar-refractivity contribution in [2.75, 3.05) is 27.4 Å². The molecule has 1 aromatic rings. The van der Waals surface area contributed by atoms with Gasteiger partial charge in [0.2, 0.25) is 6.79 Å². The summed E-state index contributed by atoms with van der Waals surface area (Å²) in [6.45, 7) is 1.60. The minimum Gasteiger partial charge on any atom is -0.480 e. The summed E-state index contributed by atoms with van der Waals surface area (Å²) in [6.07, 6.45) is 0.305. The number of nitrogens with one attached hydrogen (secondary N) is 1. The van der Waals surface area contributed by atoms with Crippen LogP contribution in [0.5, 0.6) is 17.2 Å². The lowest BCUT2D eigenvalue weighted by Gasteiger charge is -2.16. The number of likely N-dealkylation sites (N-methyl/N-ethyl adjacent to an activating group) is 1. The Labute approximate surface area is 117 Å². The molecule has 0 aliphatic carbocycles. The van der Waals surface area contributed by atoms with Gasteiger partial charge in [-0.2, -0.15) is 0 Å². The Morgan fingerprint density at radius 2 is 2.15 bits per heavy atom. The Bertz CT molecular complexity index is 532. The highest BCUT2D eigenvalue weighted by molar-refractivity contribution is 5.83. The summed E-state index contributed by atoms with van der Waals surface area (Å²) in [7, 11) is 3.66. The van der Waals surface area contributed by atoms with Crippen LogP contribution in [0.25, 0.3) is 0 Å². The smallest absolute Gasteiger partial charge is 0.263 e. The average molecular weight is 278 g/mol. The van der Waals surface area contributed by atoms with Crippen LogP contribution in [0.15, 0.2) is 12.1 Å². The number of ether oxygens (including phenoxy) is 3. The van der Waals surface area contributed by atoms with Crippen molar-refractivity contribution in [3.05, 3.63) is 17.7 Å². The van der Waals surface area contributed by atoms with Gasteiger partial charge in [-0.15, -0.1) is 0 Å². The Morgan fingerprint density at radius 1 is 1.40 bits per heavy atom. The normalized spacial score (nSPS) is 20.6. The number of likely N-dealkylation sites (tertiary alicyclic amines) is 1. The monoisotopic (exact) mass is 278 g/mol. The molecule has 2 heterocycles. The van der Waals surface area contributed by atoms with Gasteiger partial charge in [-0.25, -0.2) is 0 Å². The third-order valence-electron chi connectivity index (χ3n) is 3.57. The van der Waals surface area contributed by atoms with Gasteiger partial charge in [-0.05, 0) is 13.1 Å². The van der Waals surface area contributed by atoms with Crippen molar-refractivity contribution in [2.45, 2.75) is 19.1 Å². The standard InChI is InChI=1S/C14H18N2O4/c1-15-7-9-5-12-13(19-8-18-12)6-11(9)20-10-3-4-16(2)14(10)17/h5-6,10,15H,3-4,7-8H2,1-2H3. The van der Waals surface area contributed by atoms with Crippen molar-refractivity contribution in [3.63, 3.8) is 0 Å². The first kappa shape index (κ1) is 13.1. The van der Waals surface area contributed by atoms with Gasteiger partial charge in [0.25, 0.3) is 5.91 Å². The topological polar surface area (TPSA) is 60.0 Å². The summed E-state index contributed by atoms with van der Waals surface area (Å²) in [5.74, 6) is 2.09. The molecular formula is C14H18N2O4. The van der Waals surface area contributed by atoms with Crippen molar-refractivity contribution < 1.29 is 19.0 Å². The molecule has 1 amide bonds. The zero-order chi connectivity index (χ0) is 14.1. The van der Waals surface area contributed by atoms with Crippen molar-refractivity contribution in [3.8, 4) is 17.2 Å². The fourth-order valence-electron chi connectivity index (χ4n) is 2.46. The van der Waals surface area contributed by atoms with Gasteiger partial charge >= 0.3 is 0 Å². The second-order valence-corrected chi connectivity index (χ2v) is 5.00. The highest BCUT2D eigenvalue weighted by Gasteiger charge is 2.32. The van der Waals surface area contributed by atoms with Crippen molar-refractivity contribution >= 4 is 5.91 Å². The van der Waals surface area contributed by atoms with Crippen molar-refractivity contribution in [1.29, 1.82) is 0 Å². The number of amides is 1. The second-order valence-electron chi connectivity index (χ2n) is 5.00. The number of nitrogens with zero attached hydrogens (tertiary/aromatic N) is 1. The highest BCUT2D eigenvalue weighted by Crippen LogP contribution is 2.38. The molecule has 3 rings (SSSR count). The first-order valence-electron chi connectivity index (χ1n) is 6.68. The largest absolute Gasteiger partial charge is 0.480 e. The van der Waals surface area contributed by atoms with Crippen LogP contribution in [0, 0.1) is 0 Å². The number of benzene rings is 1. The number of hydrogen-bond acceptors (Lipinski definition) is 5. The third-order valence-corrected chi connectivity index (χ3v) is 3.57. The van der Waals surface area contributed by atoms with Gasteiger partial charge in [0.15, 0.2) is 17.6 Å². The molecule has 0 aromatic heterocycles. The highest BCUT2D eigenvalue weighted by atomic mass is 16.7. The maximum absolute atomic E-state index is 11.9. The van der Waals surface area contributed by atoms with E-state index in [4.69, 9.17) is 14.2 Å². The van der Waals surface area contributed by atoms with Crippen LogP contribution in [0.4, 0.5) is 0 Å². The molecule has 1 aromatic carbocycles. The SMILES string of the molecule is CNCc1cc2c(cc1OC1CCN(C)C1=O)OCO2. The van der Waals surface area contributed by atoms with E-state index in [1.807, 2.05) is 13.1 Å². The summed E-state index contributed by atoms with van der Waals surface area (Å²) >= 11 is 0. The zero-order valence-electron chi connectivity index (χ0n) is 11.6. The first-order valence-corrected chi connectivity index (χ1v) is 6.68. The van der Waals surface area contributed by atoms with E-state index < -0.39 is 6.10 Å². The van der Waals surface area contributed by atoms with Gasteiger partial charge in [0.1, 0.15) is 5.75 Å². The minimum atomic E-state index is -0.407. The van der Waals surface area contributed by atoms with Crippen LogP contribution in [-0.4, -0.2) is 44.3 Å². The van der Waals surface area contributed by atoms with E-state index in [1.165, 1.54) is 0 Å². The Morgan fingerprint density at radius 3 is 2.80 bits per heavy atom. The number of carbonyl (C=O) groups excluding carboxylic acids is 1. The van der Waals surface area contributed by atoms with Gasteiger partial charge < -0.3 is 24.4 Å². The molecule has 0 saturated carbocycles. The van der Waals surface area contributed by atoms with Crippen LogP contribution in [0.2, 0.25) is 0 Å². The number of carbonyl (C=O) groups is 1. The van der Waals surface area contributed by atoms with Gasteiger partial charge in [-0.3, -0.25) is 4.79 Å². The third kappa shape index (κ3) is 2.27. The van der Waals surface area contributed by atoms with Crippen LogP contribution in [-0.2, 0) is 11.3 Å². The fourth-order valence-corrected chi connectivity index (χ4v) is 2.46. The minimum absolute atomic E-state index is 0.0260. The lowest BCUT2D eigenvalue weighted by molar-refractivity contribution is -0.132. The van der Waals surface area contributed by atoms with Gasteiger partial charge in [0.05, 0.1) is 0 Å². The Kier molecular flexibility index (Phi) is 3.40. The molecule has 2 aliphatic heterocycles. The van der Waals surface area contributed by atoms with Crippen LogP contribution >= 0.6 is 0 Å². The van der Waals surface area contributed by atoms with E-state index in [9.17, 15) is 4.79 Å². The molecule has 0 radical (unpaired) electrons. The molecule has 20 heavy (non-hydrogen) atoms. The van der Waals surface area contributed by atoms with Crippen LogP contribution in [0.3, 0.4) is 0 Å². The lowest BCUT2D eigenvalue weighted by Crippen LogP contribution is -2.29. The molecule has 6 nitrogen and oxygen atoms in total. The van der Waals surface area contributed by atoms with Crippen molar-refractivity contribution in [2.24, 2.45) is 0 Å². The summed E-state index contributed by atoms with van der Waals surface area (Å²) in [6, 6.07) is 3.71. The average Bonchev–Trinajstić information content (AvgIpc) is 3.00. The predicted molar refractivity (Wildman–Crippen MR) is 72.0 cm³/mol. The molecule has 1 fully saturated rings. The molecule has 2 aliphatic rings. The van der Waals surface area contributed by atoms with Gasteiger partial charge in [0, 0.05) is 38.2 Å². The first-order chi connectivity index (χ1) is 9.69. The maximum atomic E-state index is 11.9. The molecule has 108 valence electrons. The summed E-state index contributed by atoms with van der Waals surface area (Å²) in [5.41, 5.74) is 0.958. The summed E-state index contributed by atoms with van der Waals surface area (Å²) in [4.78, 5) is 13.6. The van der Waals surface area contributed by atoms with Crippen LogP contribution in [0.1, 0.15) is 12.0 Å². The zero-order valence-corrected chi connectivity index (χ0v) is 11.6.